The van der Waals surface area contributed by atoms with Crippen molar-refractivity contribution in [3.05, 3.63) is 23.2 Å². The van der Waals surface area contributed by atoms with Crippen molar-refractivity contribution in [3.63, 3.8) is 0 Å². The number of piperazine rings is 1. The number of aromatic nitrogens is 2. The number of amides is 2. The van der Waals surface area contributed by atoms with Crippen molar-refractivity contribution >= 4 is 44.8 Å². The third-order valence-corrected chi connectivity index (χ3v) is 6.86. The van der Waals surface area contributed by atoms with Gasteiger partial charge in [0.15, 0.2) is 10.3 Å². The Balaban J connectivity index is 1.56. The molecule has 29 heavy (non-hydrogen) atoms. The Bertz CT molecular complexity index is 783. The van der Waals surface area contributed by atoms with Gasteiger partial charge in [-0.1, -0.05) is 13.3 Å². The monoisotopic (exact) mass is 436 g/mol. The molecule has 158 valence electrons. The van der Waals surface area contributed by atoms with Crippen molar-refractivity contribution in [1.82, 2.24) is 19.8 Å². The fourth-order valence-corrected chi connectivity index (χ4v) is 4.72. The summed E-state index contributed by atoms with van der Waals surface area (Å²) in [5.41, 5.74) is 0. The molecular formula is C19H28N6O2S2. The molecule has 8 nitrogen and oxygen atoms in total. The number of thiazole rings is 2. The number of anilines is 2. The van der Waals surface area contributed by atoms with Gasteiger partial charge in [-0.3, -0.25) is 29.2 Å². The highest BCUT2D eigenvalue weighted by Gasteiger charge is 2.30. The van der Waals surface area contributed by atoms with Crippen molar-refractivity contribution in [2.45, 2.75) is 25.8 Å². The van der Waals surface area contributed by atoms with E-state index < -0.39 is 0 Å². The van der Waals surface area contributed by atoms with Gasteiger partial charge in [0.05, 0.1) is 13.1 Å². The Labute approximate surface area is 179 Å². The molecule has 3 heterocycles. The molecule has 0 radical (unpaired) electrons. The van der Waals surface area contributed by atoms with Gasteiger partial charge >= 0.3 is 0 Å². The summed E-state index contributed by atoms with van der Waals surface area (Å²) < 4.78 is 0. The molecule has 10 heteroatoms. The van der Waals surface area contributed by atoms with Crippen molar-refractivity contribution in [2.24, 2.45) is 0 Å². The average molecular weight is 437 g/mol. The van der Waals surface area contributed by atoms with Gasteiger partial charge in [-0.05, 0) is 6.42 Å². The van der Waals surface area contributed by atoms with Crippen LogP contribution in [0.15, 0.2) is 23.2 Å². The summed E-state index contributed by atoms with van der Waals surface area (Å²) in [5.74, 6) is 0.0947. The highest BCUT2D eigenvalue weighted by atomic mass is 32.1. The molecule has 0 N–H and O–H groups in total. The van der Waals surface area contributed by atoms with Crippen molar-refractivity contribution in [2.75, 3.05) is 56.6 Å². The van der Waals surface area contributed by atoms with Crippen LogP contribution in [-0.4, -0.2) is 84.4 Å². The van der Waals surface area contributed by atoms with Crippen LogP contribution in [0.25, 0.3) is 0 Å². The van der Waals surface area contributed by atoms with E-state index in [1.807, 2.05) is 10.8 Å². The smallest absolute Gasteiger partial charge is 0.242 e. The number of carbonyl (C=O) groups is 2. The zero-order valence-electron chi connectivity index (χ0n) is 17.2. The van der Waals surface area contributed by atoms with Crippen LogP contribution < -0.4 is 9.80 Å². The SMILES string of the molecule is CCC[C@@H]1CN(CC(=O)N(C)c2nccs2)CCN1CC(=O)N(C)c1nccs1. The van der Waals surface area contributed by atoms with Crippen LogP contribution in [0.3, 0.4) is 0 Å². The van der Waals surface area contributed by atoms with Gasteiger partial charge in [0.2, 0.25) is 11.8 Å². The van der Waals surface area contributed by atoms with Crippen molar-refractivity contribution in [3.8, 4) is 0 Å². The minimum atomic E-state index is 0.0447. The first-order chi connectivity index (χ1) is 14.0. The lowest BCUT2D eigenvalue weighted by Crippen LogP contribution is -2.57. The Hall–Kier alpha value is -1.88. The predicted octanol–water partition coefficient (Wildman–Crippen LogP) is 2.01. The lowest BCUT2D eigenvalue weighted by Gasteiger charge is -2.41. The van der Waals surface area contributed by atoms with Crippen LogP contribution in [0.4, 0.5) is 10.3 Å². The van der Waals surface area contributed by atoms with Crippen LogP contribution >= 0.6 is 22.7 Å². The number of nitrogens with zero attached hydrogens (tertiary/aromatic N) is 6. The van der Waals surface area contributed by atoms with Gasteiger partial charge in [0.1, 0.15) is 0 Å². The topological polar surface area (TPSA) is 72.9 Å². The van der Waals surface area contributed by atoms with Gasteiger partial charge in [-0.25, -0.2) is 9.97 Å². The predicted molar refractivity (Wildman–Crippen MR) is 118 cm³/mol. The molecule has 1 aliphatic rings. The third kappa shape index (κ3) is 5.59. The second-order valence-electron chi connectivity index (χ2n) is 7.18. The Kier molecular flexibility index (Phi) is 7.70. The number of hydrogen-bond acceptors (Lipinski definition) is 8. The fourth-order valence-electron chi connectivity index (χ4n) is 3.47. The summed E-state index contributed by atoms with van der Waals surface area (Å²) >= 11 is 2.92. The highest BCUT2D eigenvalue weighted by Crippen LogP contribution is 2.20. The van der Waals surface area contributed by atoms with Crippen LogP contribution in [-0.2, 0) is 9.59 Å². The number of rotatable bonds is 8. The molecule has 0 unspecified atom stereocenters. The standard InChI is InChI=1S/C19H28N6O2S2/c1-4-5-15-12-24(13-16(26)22(2)18-20-6-10-28-18)8-9-25(15)14-17(27)23(3)19-21-7-11-29-19/h6-7,10-11,15H,4-5,8-9,12-14H2,1-3H3/t15-/m1/s1. The summed E-state index contributed by atoms with van der Waals surface area (Å²) in [4.78, 5) is 41.5. The average Bonchev–Trinajstić information content (AvgIpc) is 3.43. The normalized spacial score (nSPS) is 18.0. The summed E-state index contributed by atoms with van der Waals surface area (Å²) in [7, 11) is 3.55. The third-order valence-electron chi connectivity index (χ3n) is 5.17. The summed E-state index contributed by atoms with van der Waals surface area (Å²) in [6.45, 7) is 5.24. The molecule has 2 amide bonds. The summed E-state index contributed by atoms with van der Waals surface area (Å²) in [6.07, 6.45) is 5.46. The second-order valence-corrected chi connectivity index (χ2v) is 8.93. The molecule has 0 bridgehead atoms. The van der Waals surface area contributed by atoms with Crippen LogP contribution in [0.5, 0.6) is 0 Å². The van der Waals surface area contributed by atoms with Crippen LogP contribution in [0.1, 0.15) is 19.8 Å². The van der Waals surface area contributed by atoms with E-state index >= 15 is 0 Å². The molecule has 3 rings (SSSR count). The lowest BCUT2D eigenvalue weighted by atomic mass is 10.1. The van der Waals surface area contributed by atoms with Gasteiger partial charge in [-0.15, -0.1) is 22.7 Å². The maximum absolute atomic E-state index is 12.7. The molecule has 0 saturated carbocycles. The first-order valence-electron chi connectivity index (χ1n) is 9.78. The van der Waals surface area contributed by atoms with E-state index in [9.17, 15) is 9.59 Å². The quantitative estimate of drug-likeness (QED) is 0.630. The molecule has 0 aromatic carbocycles. The zero-order valence-corrected chi connectivity index (χ0v) is 18.8. The summed E-state index contributed by atoms with van der Waals surface area (Å²) in [5, 5.41) is 5.18. The Morgan fingerprint density at radius 3 is 2.14 bits per heavy atom. The molecule has 2 aromatic heterocycles. The molecule has 2 aromatic rings. The first-order valence-corrected chi connectivity index (χ1v) is 11.5. The molecule has 0 spiro atoms. The molecule has 0 aliphatic carbocycles. The van der Waals surface area contributed by atoms with Gasteiger partial charge in [0, 0.05) is 62.9 Å². The largest absolute Gasteiger partial charge is 0.292 e. The fraction of sp³-hybridized carbons (Fsp3) is 0.579. The van der Waals surface area contributed by atoms with E-state index in [0.717, 1.165) is 42.7 Å². The zero-order chi connectivity index (χ0) is 20.8. The van der Waals surface area contributed by atoms with E-state index in [4.69, 9.17) is 0 Å². The van der Waals surface area contributed by atoms with Gasteiger partial charge in [0.25, 0.3) is 0 Å². The molecule has 1 fully saturated rings. The number of hydrogen-bond donors (Lipinski definition) is 0. The maximum atomic E-state index is 12.7. The van der Waals surface area contributed by atoms with E-state index in [2.05, 4.69) is 26.7 Å². The molecule has 1 atom stereocenters. The number of likely N-dealkylation sites (N-methyl/N-ethyl adjacent to an activating group) is 2. The second kappa shape index (κ2) is 10.2. The minimum Gasteiger partial charge on any atom is -0.292 e. The Morgan fingerprint density at radius 1 is 1.03 bits per heavy atom. The van der Waals surface area contributed by atoms with Crippen molar-refractivity contribution in [1.29, 1.82) is 0 Å². The van der Waals surface area contributed by atoms with Crippen LogP contribution in [0.2, 0.25) is 0 Å². The van der Waals surface area contributed by atoms with E-state index in [0.29, 0.717) is 13.1 Å². The van der Waals surface area contributed by atoms with Gasteiger partial charge in [-0.2, -0.15) is 0 Å². The molecule has 1 aliphatic heterocycles. The summed E-state index contributed by atoms with van der Waals surface area (Å²) in [6, 6.07) is 0.264. The van der Waals surface area contributed by atoms with E-state index in [-0.39, 0.29) is 17.9 Å². The van der Waals surface area contributed by atoms with E-state index in [1.165, 1.54) is 22.7 Å². The van der Waals surface area contributed by atoms with Crippen molar-refractivity contribution < 1.29 is 9.59 Å². The van der Waals surface area contributed by atoms with Crippen LogP contribution in [0, 0.1) is 0 Å². The lowest BCUT2D eigenvalue weighted by molar-refractivity contribution is -0.123. The number of carbonyl (C=O) groups excluding carboxylic acids is 2. The van der Waals surface area contributed by atoms with Gasteiger partial charge < -0.3 is 0 Å². The molecule has 1 saturated heterocycles. The first kappa shape index (κ1) is 21.8. The highest BCUT2D eigenvalue weighted by molar-refractivity contribution is 7.14. The minimum absolute atomic E-state index is 0.0447. The molecular weight excluding hydrogens is 408 g/mol. The Morgan fingerprint density at radius 2 is 1.62 bits per heavy atom. The van der Waals surface area contributed by atoms with E-state index in [1.54, 1.807) is 36.3 Å². The maximum Gasteiger partial charge on any atom is 0.242 e.